The number of hydrogen-bond acceptors (Lipinski definition) is 1. The second-order valence-electron chi connectivity index (χ2n) is 5.27. The van der Waals surface area contributed by atoms with Crippen LogP contribution in [0.4, 0.5) is 0 Å². The summed E-state index contributed by atoms with van der Waals surface area (Å²) in [6.07, 6.45) is 5.03. The van der Waals surface area contributed by atoms with Gasteiger partial charge < -0.3 is 0 Å². The average Bonchev–Trinajstić information content (AvgIpc) is 2.92. The Morgan fingerprint density at radius 1 is 0.842 bits per heavy atom. The molecule has 0 unspecified atom stereocenters. The van der Waals surface area contributed by atoms with Gasteiger partial charge in [-0.05, 0) is 38.4 Å². The zero-order chi connectivity index (χ0) is 12.4. The summed E-state index contributed by atoms with van der Waals surface area (Å²) in [6, 6.07) is 15.5. The minimum Gasteiger partial charge on any atom is -0.260 e. The molecule has 88 valence electrons. The van der Waals surface area contributed by atoms with Crippen LogP contribution in [0.1, 0.15) is 5.56 Å². The van der Waals surface area contributed by atoms with E-state index in [1.165, 1.54) is 43.6 Å². The van der Waals surface area contributed by atoms with Gasteiger partial charge in [0.15, 0.2) is 0 Å². The van der Waals surface area contributed by atoms with Gasteiger partial charge in [0.05, 0.1) is 5.71 Å². The molecular weight excluding hydrogens is 230 g/mol. The summed E-state index contributed by atoms with van der Waals surface area (Å²) < 4.78 is 0. The standard InChI is InChI=1S/C18H11N/c1-2-11-4-5-13-10-16-14(8-9-19-16)15-7-6-12(3-1)17(11)18(13)15/h1-9H,10H2. The Bertz CT molecular complexity index is 958. The molecule has 0 saturated carbocycles. The molecule has 1 aliphatic heterocycles. The fraction of sp³-hybridized carbons (Fsp3) is 0.0556. The van der Waals surface area contributed by atoms with Crippen molar-refractivity contribution in [2.75, 3.05) is 0 Å². The molecule has 1 heteroatoms. The van der Waals surface area contributed by atoms with Crippen molar-refractivity contribution >= 4 is 32.8 Å². The van der Waals surface area contributed by atoms with Gasteiger partial charge >= 0.3 is 0 Å². The van der Waals surface area contributed by atoms with Gasteiger partial charge in [0.2, 0.25) is 0 Å². The van der Waals surface area contributed by atoms with Crippen molar-refractivity contribution in [2.24, 2.45) is 4.99 Å². The zero-order valence-corrected chi connectivity index (χ0v) is 10.4. The quantitative estimate of drug-likeness (QED) is 0.572. The van der Waals surface area contributed by atoms with E-state index in [0.29, 0.717) is 0 Å². The maximum atomic E-state index is 4.50. The molecule has 3 aromatic carbocycles. The van der Waals surface area contributed by atoms with Crippen LogP contribution in [0.3, 0.4) is 0 Å². The predicted octanol–water partition coefficient (Wildman–Crippen LogP) is 3.39. The van der Waals surface area contributed by atoms with Crippen molar-refractivity contribution in [3.05, 3.63) is 65.5 Å². The normalized spacial score (nSPS) is 16.2. The third-order valence-corrected chi connectivity index (χ3v) is 4.29. The van der Waals surface area contributed by atoms with E-state index in [1.807, 2.05) is 6.20 Å². The lowest BCUT2D eigenvalue weighted by atomic mass is 9.86. The van der Waals surface area contributed by atoms with Crippen LogP contribution in [-0.4, -0.2) is 5.71 Å². The van der Waals surface area contributed by atoms with Gasteiger partial charge in [-0.3, -0.25) is 4.99 Å². The van der Waals surface area contributed by atoms with E-state index in [4.69, 9.17) is 0 Å². The number of benzene rings is 3. The fourth-order valence-electron chi connectivity index (χ4n) is 3.46. The van der Waals surface area contributed by atoms with Gasteiger partial charge in [0.1, 0.15) is 0 Å². The highest BCUT2D eigenvalue weighted by Gasteiger charge is 2.20. The van der Waals surface area contributed by atoms with Gasteiger partial charge in [-0.2, -0.15) is 0 Å². The van der Waals surface area contributed by atoms with Gasteiger partial charge in [-0.15, -0.1) is 0 Å². The Morgan fingerprint density at radius 2 is 1.68 bits per heavy atom. The third-order valence-electron chi connectivity index (χ3n) is 4.29. The number of rotatable bonds is 0. The maximum Gasteiger partial charge on any atom is 0.0526 e. The van der Waals surface area contributed by atoms with Crippen LogP contribution in [0.2, 0.25) is 0 Å². The number of nitrogens with zero attached hydrogens (tertiary/aromatic N) is 1. The number of fused-ring (bicyclic) bond motifs is 1. The lowest BCUT2D eigenvalue weighted by Gasteiger charge is -2.17. The van der Waals surface area contributed by atoms with Crippen LogP contribution < -0.4 is 5.22 Å². The first-order valence-electron chi connectivity index (χ1n) is 6.63. The van der Waals surface area contributed by atoms with E-state index in [9.17, 15) is 0 Å². The molecule has 5 rings (SSSR count). The number of allylic oxidation sites excluding steroid dienone is 1. The smallest absolute Gasteiger partial charge is 0.0526 e. The topological polar surface area (TPSA) is 12.4 Å². The number of hydrogen-bond donors (Lipinski definition) is 0. The Kier molecular flexibility index (Phi) is 1.56. The van der Waals surface area contributed by atoms with Crippen molar-refractivity contribution in [2.45, 2.75) is 6.42 Å². The summed E-state index contributed by atoms with van der Waals surface area (Å²) in [4.78, 5) is 4.50. The summed E-state index contributed by atoms with van der Waals surface area (Å²) in [5.41, 5.74) is 3.93. The summed E-state index contributed by atoms with van der Waals surface area (Å²) in [6.45, 7) is 0. The summed E-state index contributed by atoms with van der Waals surface area (Å²) in [5.74, 6) is 0. The van der Waals surface area contributed by atoms with E-state index in [1.54, 1.807) is 0 Å². The molecule has 1 heterocycles. The minimum atomic E-state index is 0.958. The van der Waals surface area contributed by atoms with E-state index in [0.717, 1.165) is 6.42 Å². The lowest BCUT2D eigenvalue weighted by molar-refractivity contribution is 1.34. The Labute approximate surface area is 110 Å². The summed E-state index contributed by atoms with van der Waals surface area (Å²) in [7, 11) is 0. The molecule has 0 fully saturated rings. The van der Waals surface area contributed by atoms with Gasteiger partial charge in [0.25, 0.3) is 0 Å². The largest absolute Gasteiger partial charge is 0.260 e. The minimum absolute atomic E-state index is 0.958. The van der Waals surface area contributed by atoms with E-state index in [-0.39, 0.29) is 0 Å². The summed E-state index contributed by atoms with van der Waals surface area (Å²) in [5, 5.41) is 6.85. The van der Waals surface area contributed by atoms with Crippen LogP contribution in [0.25, 0.3) is 27.1 Å². The van der Waals surface area contributed by atoms with Gasteiger partial charge in [-0.25, -0.2) is 0 Å². The first-order valence-corrected chi connectivity index (χ1v) is 6.63. The van der Waals surface area contributed by atoms with Gasteiger partial charge in [0, 0.05) is 18.2 Å². The first kappa shape index (κ1) is 9.51. The van der Waals surface area contributed by atoms with Crippen molar-refractivity contribution in [3.8, 4) is 0 Å². The Hall–Kier alpha value is -2.41. The molecule has 0 bridgehead atoms. The molecular formula is C18H11N. The highest BCUT2D eigenvalue weighted by molar-refractivity contribution is 6.29. The average molecular weight is 241 g/mol. The van der Waals surface area contributed by atoms with Crippen LogP contribution in [0.5, 0.6) is 0 Å². The van der Waals surface area contributed by atoms with E-state index in [2.05, 4.69) is 53.5 Å². The third kappa shape index (κ3) is 1.08. The van der Waals surface area contributed by atoms with Crippen molar-refractivity contribution < 1.29 is 0 Å². The lowest BCUT2D eigenvalue weighted by Crippen LogP contribution is -2.20. The first-order chi connectivity index (χ1) is 9.42. The molecule has 0 amide bonds. The molecule has 0 spiro atoms. The Morgan fingerprint density at radius 3 is 2.58 bits per heavy atom. The van der Waals surface area contributed by atoms with Crippen LogP contribution in [0, 0.1) is 0 Å². The predicted molar refractivity (Wildman–Crippen MR) is 80.4 cm³/mol. The zero-order valence-electron chi connectivity index (χ0n) is 10.4. The molecule has 3 aromatic rings. The van der Waals surface area contributed by atoms with Gasteiger partial charge in [-0.1, -0.05) is 42.5 Å². The molecule has 1 nitrogen and oxygen atoms in total. The molecule has 1 aliphatic carbocycles. The van der Waals surface area contributed by atoms with E-state index >= 15 is 0 Å². The highest BCUT2D eigenvalue weighted by atomic mass is 14.7. The fourth-order valence-corrected chi connectivity index (χ4v) is 3.46. The molecule has 0 saturated heterocycles. The monoisotopic (exact) mass is 241 g/mol. The van der Waals surface area contributed by atoms with Crippen LogP contribution in [0.15, 0.2) is 59.7 Å². The van der Waals surface area contributed by atoms with Crippen molar-refractivity contribution in [3.63, 3.8) is 0 Å². The SMILES string of the molecule is C1=CC2=c3ccc4cccc5ccc(c3c54)CC2=N1. The van der Waals surface area contributed by atoms with Crippen molar-refractivity contribution in [1.82, 2.24) is 0 Å². The summed E-state index contributed by atoms with van der Waals surface area (Å²) >= 11 is 0. The molecule has 0 radical (unpaired) electrons. The molecule has 0 aromatic heterocycles. The second kappa shape index (κ2) is 3.12. The second-order valence-corrected chi connectivity index (χ2v) is 5.27. The molecule has 19 heavy (non-hydrogen) atoms. The molecule has 0 N–H and O–H groups in total. The van der Waals surface area contributed by atoms with Crippen molar-refractivity contribution in [1.29, 1.82) is 0 Å². The maximum absolute atomic E-state index is 4.50. The van der Waals surface area contributed by atoms with Crippen LogP contribution >= 0.6 is 0 Å². The van der Waals surface area contributed by atoms with E-state index < -0.39 is 0 Å². The Balaban J connectivity index is 2.19. The molecule has 0 atom stereocenters. The number of aliphatic imine (C=N–C) groups is 1. The molecule has 2 aliphatic rings. The highest BCUT2D eigenvalue weighted by Crippen LogP contribution is 2.31. The van der Waals surface area contributed by atoms with Crippen LogP contribution in [-0.2, 0) is 6.42 Å².